The van der Waals surface area contributed by atoms with Crippen molar-refractivity contribution in [1.29, 1.82) is 0 Å². The monoisotopic (exact) mass is 253 g/mol. The topological polar surface area (TPSA) is 29.9 Å². The summed E-state index contributed by atoms with van der Waals surface area (Å²) in [5.74, 6) is 0. The molecule has 0 spiro atoms. The third kappa shape index (κ3) is 3.05. The van der Waals surface area contributed by atoms with Crippen LogP contribution in [0.5, 0.6) is 0 Å². The van der Waals surface area contributed by atoms with E-state index < -0.39 is 0 Å². The van der Waals surface area contributed by atoms with Gasteiger partial charge < -0.3 is 5.32 Å². The zero-order chi connectivity index (χ0) is 12.3. The average molecular weight is 253 g/mol. The minimum absolute atomic E-state index is 0.452. The van der Waals surface area contributed by atoms with Crippen LogP contribution in [0.2, 0.25) is 0 Å². The number of nitrogens with one attached hydrogen (secondary N) is 1. The van der Waals surface area contributed by atoms with E-state index in [1.54, 1.807) is 0 Å². The Hall–Kier alpha value is -0.480. The molecule has 1 fully saturated rings. The highest BCUT2D eigenvalue weighted by atomic mass is 32.2. The van der Waals surface area contributed by atoms with Crippen LogP contribution in [0.25, 0.3) is 0 Å². The normalized spacial score (nSPS) is 18.4. The van der Waals surface area contributed by atoms with Gasteiger partial charge in [-0.3, -0.25) is 4.68 Å². The maximum absolute atomic E-state index is 4.55. The fraction of sp³-hybridized carbons (Fsp3) is 0.769. The van der Waals surface area contributed by atoms with E-state index in [0.29, 0.717) is 10.8 Å². The Morgan fingerprint density at radius 2 is 2.29 bits per heavy atom. The molecule has 1 aromatic heterocycles. The van der Waals surface area contributed by atoms with Crippen molar-refractivity contribution < 1.29 is 0 Å². The van der Waals surface area contributed by atoms with Crippen LogP contribution in [-0.2, 0) is 6.54 Å². The highest BCUT2D eigenvalue weighted by Gasteiger charge is 2.35. The van der Waals surface area contributed by atoms with E-state index in [0.717, 1.165) is 18.8 Å². The second-order valence-corrected chi connectivity index (χ2v) is 6.50. The number of rotatable bonds is 6. The summed E-state index contributed by atoms with van der Waals surface area (Å²) in [6.45, 7) is 6.31. The predicted molar refractivity (Wildman–Crippen MR) is 74.4 cm³/mol. The molecule has 2 rings (SSSR count). The first-order valence-corrected chi connectivity index (χ1v) is 7.68. The minimum Gasteiger partial charge on any atom is -0.310 e. The molecule has 0 amide bonds. The summed E-state index contributed by atoms with van der Waals surface area (Å²) in [7, 11) is 0. The standard InChI is InChI=1S/C13H23N3S/c1-11(2)16-8-5-12(15-16)9-14-10-13(17-3)6-4-7-13/h5,8,11,14H,4,6-7,9-10H2,1-3H3. The van der Waals surface area contributed by atoms with E-state index in [9.17, 15) is 0 Å². The Morgan fingerprint density at radius 1 is 1.53 bits per heavy atom. The maximum atomic E-state index is 4.55. The highest BCUT2D eigenvalue weighted by Crippen LogP contribution is 2.42. The molecule has 4 heteroatoms. The van der Waals surface area contributed by atoms with E-state index in [1.807, 2.05) is 16.4 Å². The van der Waals surface area contributed by atoms with Crippen molar-refractivity contribution in [3.63, 3.8) is 0 Å². The number of nitrogens with zero attached hydrogens (tertiary/aromatic N) is 2. The molecule has 0 saturated heterocycles. The van der Waals surface area contributed by atoms with Crippen LogP contribution in [0.4, 0.5) is 0 Å². The Kier molecular flexibility index (Phi) is 4.15. The number of thioether (sulfide) groups is 1. The minimum atomic E-state index is 0.452. The van der Waals surface area contributed by atoms with E-state index >= 15 is 0 Å². The predicted octanol–water partition coefficient (Wildman–Crippen LogP) is 2.84. The molecule has 0 atom stereocenters. The van der Waals surface area contributed by atoms with Gasteiger partial charge in [0.15, 0.2) is 0 Å². The van der Waals surface area contributed by atoms with Gasteiger partial charge in [0, 0.05) is 30.1 Å². The van der Waals surface area contributed by atoms with Crippen molar-refractivity contribution in [3.8, 4) is 0 Å². The van der Waals surface area contributed by atoms with Crippen molar-refractivity contribution in [1.82, 2.24) is 15.1 Å². The molecule has 0 aliphatic heterocycles. The van der Waals surface area contributed by atoms with E-state index in [-0.39, 0.29) is 0 Å². The first kappa shape index (κ1) is 13.0. The molecule has 0 aromatic carbocycles. The molecule has 17 heavy (non-hydrogen) atoms. The zero-order valence-corrected chi connectivity index (χ0v) is 11.9. The van der Waals surface area contributed by atoms with Crippen LogP contribution in [0.15, 0.2) is 12.3 Å². The Balaban J connectivity index is 1.77. The first-order chi connectivity index (χ1) is 8.15. The molecule has 1 aromatic rings. The average Bonchev–Trinajstić information content (AvgIpc) is 2.71. The van der Waals surface area contributed by atoms with Crippen LogP contribution in [0.1, 0.15) is 44.8 Å². The van der Waals surface area contributed by atoms with Gasteiger partial charge in [0.25, 0.3) is 0 Å². The van der Waals surface area contributed by atoms with Crippen LogP contribution < -0.4 is 5.32 Å². The third-order valence-corrected chi connectivity index (χ3v) is 5.06. The van der Waals surface area contributed by atoms with Crippen LogP contribution in [-0.4, -0.2) is 27.3 Å². The van der Waals surface area contributed by atoms with Gasteiger partial charge in [0.1, 0.15) is 0 Å². The van der Waals surface area contributed by atoms with Crippen LogP contribution >= 0.6 is 11.8 Å². The second-order valence-electron chi connectivity index (χ2n) is 5.23. The van der Waals surface area contributed by atoms with Crippen molar-refractivity contribution in [2.75, 3.05) is 12.8 Å². The summed E-state index contributed by atoms with van der Waals surface area (Å²) >= 11 is 2.02. The lowest BCUT2D eigenvalue weighted by molar-refractivity contribution is 0.344. The van der Waals surface area contributed by atoms with Gasteiger partial charge in [-0.05, 0) is 39.0 Å². The van der Waals surface area contributed by atoms with E-state index in [1.165, 1.54) is 19.3 Å². The van der Waals surface area contributed by atoms with Crippen molar-refractivity contribution >= 4 is 11.8 Å². The lowest BCUT2D eigenvalue weighted by Crippen LogP contribution is -2.43. The van der Waals surface area contributed by atoms with Gasteiger partial charge in [-0.25, -0.2) is 0 Å². The molecule has 3 nitrogen and oxygen atoms in total. The maximum Gasteiger partial charge on any atom is 0.0762 e. The van der Waals surface area contributed by atoms with Crippen molar-refractivity contribution in [2.45, 2.75) is 50.4 Å². The van der Waals surface area contributed by atoms with Gasteiger partial charge in [0.2, 0.25) is 0 Å². The van der Waals surface area contributed by atoms with Gasteiger partial charge >= 0.3 is 0 Å². The molecule has 1 aliphatic carbocycles. The molecule has 1 N–H and O–H groups in total. The van der Waals surface area contributed by atoms with Gasteiger partial charge in [0.05, 0.1) is 5.69 Å². The lowest BCUT2D eigenvalue weighted by Gasteiger charge is -2.40. The SMILES string of the molecule is CSC1(CNCc2ccn(C(C)C)n2)CCC1. The zero-order valence-electron chi connectivity index (χ0n) is 11.1. The molecular formula is C13H23N3S. The molecule has 1 heterocycles. The Morgan fingerprint density at radius 3 is 2.76 bits per heavy atom. The van der Waals surface area contributed by atoms with Gasteiger partial charge in [-0.2, -0.15) is 16.9 Å². The molecule has 1 aliphatic rings. The highest BCUT2D eigenvalue weighted by molar-refractivity contribution is 8.00. The molecule has 0 radical (unpaired) electrons. The number of hydrogen-bond acceptors (Lipinski definition) is 3. The summed E-state index contributed by atoms with van der Waals surface area (Å²) in [6, 6.07) is 2.56. The summed E-state index contributed by atoms with van der Waals surface area (Å²) in [6.07, 6.45) is 8.41. The van der Waals surface area contributed by atoms with E-state index in [2.05, 4.69) is 42.8 Å². The van der Waals surface area contributed by atoms with Crippen molar-refractivity contribution in [2.24, 2.45) is 0 Å². The smallest absolute Gasteiger partial charge is 0.0762 e. The third-order valence-electron chi connectivity index (χ3n) is 3.64. The molecule has 96 valence electrons. The molecule has 0 unspecified atom stereocenters. The van der Waals surface area contributed by atoms with Gasteiger partial charge in [-0.15, -0.1) is 0 Å². The fourth-order valence-corrected chi connectivity index (χ4v) is 3.15. The van der Waals surface area contributed by atoms with Crippen molar-refractivity contribution in [3.05, 3.63) is 18.0 Å². The fourth-order valence-electron chi connectivity index (χ4n) is 2.20. The number of aromatic nitrogens is 2. The Bertz CT molecular complexity index is 350. The molecule has 1 saturated carbocycles. The van der Waals surface area contributed by atoms with E-state index in [4.69, 9.17) is 0 Å². The molecule has 0 bridgehead atoms. The quantitative estimate of drug-likeness (QED) is 0.845. The molecular weight excluding hydrogens is 230 g/mol. The largest absolute Gasteiger partial charge is 0.310 e. The summed E-state index contributed by atoms with van der Waals surface area (Å²) < 4.78 is 2.53. The summed E-state index contributed by atoms with van der Waals surface area (Å²) in [5, 5.41) is 8.10. The Labute approximate surface area is 108 Å². The van der Waals surface area contributed by atoms with Crippen LogP contribution in [0, 0.1) is 0 Å². The summed E-state index contributed by atoms with van der Waals surface area (Å²) in [4.78, 5) is 0. The lowest BCUT2D eigenvalue weighted by atomic mass is 9.84. The van der Waals surface area contributed by atoms with Crippen LogP contribution in [0.3, 0.4) is 0 Å². The second kappa shape index (κ2) is 5.44. The van der Waals surface area contributed by atoms with Gasteiger partial charge in [-0.1, -0.05) is 6.42 Å². The number of hydrogen-bond donors (Lipinski definition) is 1. The summed E-state index contributed by atoms with van der Waals surface area (Å²) in [5.41, 5.74) is 1.15. The first-order valence-electron chi connectivity index (χ1n) is 6.45.